The van der Waals surface area contributed by atoms with Crippen LogP contribution in [0.25, 0.3) is 11.4 Å². The number of aromatic nitrogens is 4. The van der Waals surface area contributed by atoms with Gasteiger partial charge in [0.05, 0.1) is 17.6 Å². The standard InChI is InChI=1S/C13H17N5/c1-2-12-16-7-11(18(12)8-9-3-4-9)10-5-6-15-13(14)17-10/h5-7,9H,2-4,8H2,1H3,(H2,14,15,17). The maximum atomic E-state index is 5.65. The van der Waals surface area contributed by atoms with Gasteiger partial charge in [0, 0.05) is 19.2 Å². The number of nitrogens with zero attached hydrogens (tertiary/aromatic N) is 4. The van der Waals surface area contributed by atoms with E-state index < -0.39 is 0 Å². The molecular weight excluding hydrogens is 226 g/mol. The molecule has 0 bridgehead atoms. The second-order valence-electron chi connectivity index (χ2n) is 4.77. The molecule has 1 saturated carbocycles. The zero-order chi connectivity index (χ0) is 12.5. The first-order chi connectivity index (χ1) is 8.78. The summed E-state index contributed by atoms with van der Waals surface area (Å²) < 4.78 is 2.28. The van der Waals surface area contributed by atoms with Crippen molar-refractivity contribution in [2.45, 2.75) is 32.7 Å². The molecule has 0 amide bonds. The van der Waals surface area contributed by atoms with Gasteiger partial charge in [0.15, 0.2) is 0 Å². The minimum Gasteiger partial charge on any atom is -0.368 e. The lowest BCUT2D eigenvalue weighted by Gasteiger charge is -2.10. The quantitative estimate of drug-likeness (QED) is 0.890. The SMILES string of the molecule is CCc1ncc(-c2ccnc(N)n2)n1CC1CC1. The molecule has 0 aromatic carbocycles. The molecule has 0 spiro atoms. The highest BCUT2D eigenvalue weighted by Crippen LogP contribution is 2.33. The third kappa shape index (κ3) is 2.08. The fraction of sp³-hybridized carbons (Fsp3) is 0.462. The number of nitrogens with two attached hydrogens (primary N) is 1. The molecule has 2 N–H and O–H groups in total. The molecule has 2 heterocycles. The molecule has 1 fully saturated rings. The molecule has 0 radical (unpaired) electrons. The number of hydrogen-bond acceptors (Lipinski definition) is 4. The van der Waals surface area contributed by atoms with Crippen molar-refractivity contribution >= 4 is 5.95 Å². The molecule has 5 nitrogen and oxygen atoms in total. The van der Waals surface area contributed by atoms with Gasteiger partial charge in [0.2, 0.25) is 5.95 Å². The van der Waals surface area contributed by atoms with Crippen molar-refractivity contribution in [1.29, 1.82) is 0 Å². The molecule has 1 aliphatic rings. The average Bonchev–Trinajstić information content (AvgIpc) is 3.08. The number of nitrogen functional groups attached to an aromatic ring is 1. The van der Waals surface area contributed by atoms with E-state index in [-0.39, 0.29) is 0 Å². The van der Waals surface area contributed by atoms with Gasteiger partial charge in [-0.3, -0.25) is 0 Å². The van der Waals surface area contributed by atoms with Crippen LogP contribution in [0, 0.1) is 5.92 Å². The van der Waals surface area contributed by atoms with Crippen LogP contribution in [0.3, 0.4) is 0 Å². The molecule has 0 atom stereocenters. The third-order valence-electron chi connectivity index (χ3n) is 3.33. The van der Waals surface area contributed by atoms with Crippen molar-refractivity contribution in [2.75, 3.05) is 5.73 Å². The normalized spacial score (nSPS) is 14.9. The molecule has 1 aliphatic carbocycles. The summed E-state index contributed by atoms with van der Waals surface area (Å²) in [5.74, 6) is 2.24. The Kier molecular flexibility index (Phi) is 2.74. The van der Waals surface area contributed by atoms with Crippen molar-refractivity contribution in [3.8, 4) is 11.4 Å². The van der Waals surface area contributed by atoms with Gasteiger partial charge >= 0.3 is 0 Å². The predicted octanol–water partition coefficient (Wildman–Crippen LogP) is 1.89. The van der Waals surface area contributed by atoms with Gasteiger partial charge < -0.3 is 10.3 Å². The molecule has 94 valence electrons. The number of rotatable bonds is 4. The minimum absolute atomic E-state index is 0.310. The van der Waals surface area contributed by atoms with Crippen LogP contribution in [0.5, 0.6) is 0 Å². The Bertz CT molecular complexity index is 556. The van der Waals surface area contributed by atoms with Gasteiger partial charge in [0.25, 0.3) is 0 Å². The third-order valence-corrected chi connectivity index (χ3v) is 3.33. The Morgan fingerprint density at radius 1 is 1.39 bits per heavy atom. The summed E-state index contributed by atoms with van der Waals surface area (Å²) in [6.07, 6.45) is 7.17. The number of hydrogen-bond donors (Lipinski definition) is 1. The lowest BCUT2D eigenvalue weighted by Crippen LogP contribution is -2.07. The van der Waals surface area contributed by atoms with E-state index in [1.807, 2.05) is 12.3 Å². The highest BCUT2D eigenvalue weighted by molar-refractivity contribution is 5.55. The van der Waals surface area contributed by atoms with Crippen LogP contribution >= 0.6 is 0 Å². The van der Waals surface area contributed by atoms with E-state index in [9.17, 15) is 0 Å². The molecule has 5 heteroatoms. The van der Waals surface area contributed by atoms with Crippen LogP contribution < -0.4 is 5.73 Å². The first kappa shape index (κ1) is 11.2. The van der Waals surface area contributed by atoms with Gasteiger partial charge in [-0.25, -0.2) is 15.0 Å². The second kappa shape index (κ2) is 4.40. The fourth-order valence-corrected chi connectivity index (χ4v) is 2.18. The molecular formula is C13H17N5. The Balaban J connectivity index is 2.02. The van der Waals surface area contributed by atoms with E-state index in [0.29, 0.717) is 5.95 Å². The van der Waals surface area contributed by atoms with Gasteiger partial charge in [-0.15, -0.1) is 0 Å². The maximum Gasteiger partial charge on any atom is 0.220 e. The lowest BCUT2D eigenvalue weighted by atomic mass is 10.3. The molecule has 0 unspecified atom stereocenters. The van der Waals surface area contributed by atoms with Gasteiger partial charge in [-0.2, -0.15) is 0 Å². The first-order valence-electron chi connectivity index (χ1n) is 6.41. The van der Waals surface area contributed by atoms with Gasteiger partial charge in [-0.05, 0) is 24.8 Å². The smallest absolute Gasteiger partial charge is 0.220 e. The predicted molar refractivity (Wildman–Crippen MR) is 69.8 cm³/mol. The Labute approximate surface area is 106 Å². The van der Waals surface area contributed by atoms with Crippen molar-refractivity contribution < 1.29 is 0 Å². The lowest BCUT2D eigenvalue weighted by molar-refractivity contribution is 0.603. The Hall–Kier alpha value is -1.91. The molecule has 2 aromatic heterocycles. The summed E-state index contributed by atoms with van der Waals surface area (Å²) >= 11 is 0. The van der Waals surface area contributed by atoms with E-state index in [1.54, 1.807) is 6.20 Å². The zero-order valence-electron chi connectivity index (χ0n) is 10.5. The van der Waals surface area contributed by atoms with Crippen LogP contribution in [0.15, 0.2) is 18.5 Å². The first-order valence-corrected chi connectivity index (χ1v) is 6.41. The maximum absolute atomic E-state index is 5.65. The largest absolute Gasteiger partial charge is 0.368 e. The van der Waals surface area contributed by atoms with Crippen LogP contribution in [-0.2, 0) is 13.0 Å². The van der Waals surface area contributed by atoms with E-state index in [0.717, 1.165) is 36.1 Å². The average molecular weight is 243 g/mol. The van der Waals surface area contributed by atoms with E-state index in [4.69, 9.17) is 5.73 Å². The van der Waals surface area contributed by atoms with E-state index in [1.165, 1.54) is 12.8 Å². The molecule has 0 aliphatic heterocycles. The molecule has 18 heavy (non-hydrogen) atoms. The number of aryl methyl sites for hydroxylation is 1. The summed E-state index contributed by atoms with van der Waals surface area (Å²) in [4.78, 5) is 12.7. The topological polar surface area (TPSA) is 69.6 Å². The summed E-state index contributed by atoms with van der Waals surface area (Å²) in [6, 6.07) is 1.89. The van der Waals surface area contributed by atoms with Gasteiger partial charge in [0.1, 0.15) is 5.82 Å². The van der Waals surface area contributed by atoms with Crippen molar-refractivity contribution in [1.82, 2.24) is 19.5 Å². The Morgan fingerprint density at radius 3 is 2.89 bits per heavy atom. The van der Waals surface area contributed by atoms with Crippen LogP contribution in [0.1, 0.15) is 25.6 Å². The molecule has 3 rings (SSSR count). The minimum atomic E-state index is 0.310. The molecule has 2 aromatic rings. The summed E-state index contributed by atoms with van der Waals surface area (Å²) in [7, 11) is 0. The number of imidazole rings is 1. The van der Waals surface area contributed by atoms with Crippen molar-refractivity contribution in [2.24, 2.45) is 5.92 Å². The second-order valence-corrected chi connectivity index (χ2v) is 4.77. The zero-order valence-corrected chi connectivity index (χ0v) is 10.5. The van der Waals surface area contributed by atoms with E-state index in [2.05, 4.69) is 26.4 Å². The number of anilines is 1. The highest BCUT2D eigenvalue weighted by Gasteiger charge is 2.24. The Morgan fingerprint density at radius 2 is 2.22 bits per heavy atom. The molecule has 0 saturated heterocycles. The van der Waals surface area contributed by atoms with Gasteiger partial charge in [-0.1, -0.05) is 6.92 Å². The van der Waals surface area contributed by atoms with Crippen molar-refractivity contribution in [3.05, 3.63) is 24.3 Å². The van der Waals surface area contributed by atoms with E-state index >= 15 is 0 Å². The summed E-state index contributed by atoms with van der Waals surface area (Å²) in [5.41, 5.74) is 7.55. The monoisotopic (exact) mass is 243 g/mol. The highest BCUT2D eigenvalue weighted by atomic mass is 15.1. The van der Waals surface area contributed by atoms with Crippen LogP contribution in [-0.4, -0.2) is 19.5 Å². The van der Waals surface area contributed by atoms with Crippen LogP contribution in [0.4, 0.5) is 5.95 Å². The summed E-state index contributed by atoms with van der Waals surface area (Å²) in [5, 5.41) is 0. The fourth-order valence-electron chi connectivity index (χ4n) is 2.18. The van der Waals surface area contributed by atoms with Crippen LogP contribution in [0.2, 0.25) is 0 Å². The summed E-state index contributed by atoms with van der Waals surface area (Å²) in [6.45, 7) is 3.17. The van der Waals surface area contributed by atoms with Crippen molar-refractivity contribution in [3.63, 3.8) is 0 Å².